The van der Waals surface area contributed by atoms with Gasteiger partial charge >= 0.3 is 6.03 Å². The molecule has 192 valence electrons. The second-order valence-corrected chi connectivity index (χ2v) is 10.3. The van der Waals surface area contributed by atoms with Crippen molar-refractivity contribution in [1.82, 2.24) is 25.1 Å². The van der Waals surface area contributed by atoms with E-state index in [-0.39, 0.29) is 49.2 Å². The van der Waals surface area contributed by atoms with Gasteiger partial charge in [-0.3, -0.25) is 9.59 Å². The predicted octanol–water partition coefficient (Wildman–Crippen LogP) is 3.57. The molecule has 0 aliphatic carbocycles. The van der Waals surface area contributed by atoms with E-state index in [1.807, 2.05) is 38.1 Å². The number of nitrogens with one attached hydrogen (secondary N) is 1. The highest BCUT2D eigenvalue weighted by atomic mass is 79.9. The fraction of sp³-hybridized carbons (Fsp3) is 0.423. The van der Waals surface area contributed by atoms with Gasteiger partial charge in [0.2, 0.25) is 11.8 Å². The van der Waals surface area contributed by atoms with Crippen LogP contribution in [0.25, 0.3) is 0 Å². The van der Waals surface area contributed by atoms with Crippen LogP contribution in [0.15, 0.2) is 53.0 Å². The predicted molar refractivity (Wildman–Crippen MR) is 137 cm³/mol. The van der Waals surface area contributed by atoms with Crippen molar-refractivity contribution in [3.8, 4) is 0 Å². The van der Waals surface area contributed by atoms with Crippen LogP contribution in [0.2, 0.25) is 0 Å². The van der Waals surface area contributed by atoms with Crippen molar-refractivity contribution in [2.24, 2.45) is 5.92 Å². The van der Waals surface area contributed by atoms with E-state index in [0.717, 1.165) is 15.6 Å². The van der Waals surface area contributed by atoms with Gasteiger partial charge in [0.25, 0.3) is 0 Å². The van der Waals surface area contributed by atoms with Crippen LogP contribution in [0.4, 0.5) is 9.18 Å². The smallest absolute Gasteiger partial charge is 0.333 e. The van der Waals surface area contributed by atoms with Crippen LogP contribution in [0.5, 0.6) is 0 Å². The number of rotatable bonds is 6. The van der Waals surface area contributed by atoms with E-state index in [9.17, 15) is 18.8 Å². The topological polar surface area (TPSA) is 76.2 Å². The molecule has 4 rings (SSSR count). The molecule has 2 heterocycles. The number of carbonyl (C=O) groups excluding carboxylic acids is 3. The highest BCUT2D eigenvalue weighted by molar-refractivity contribution is 9.10. The number of halogens is 2. The van der Waals surface area contributed by atoms with Crippen molar-refractivity contribution >= 4 is 33.8 Å². The molecule has 0 radical (unpaired) electrons. The zero-order chi connectivity index (χ0) is 26.0. The molecular formula is C26H31BrFN5O3. The summed E-state index contributed by atoms with van der Waals surface area (Å²) in [5, 5.41) is 6.01. The minimum absolute atomic E-state index is 0.00762. The number of nitrogens with zero attached hydrogens (tertiary/aromatic N) is 4. The lowest BCUT2D eigenvalue weighted by atomic mass is 9.92. The third-order valence-corrected chi connectivity index (χ3v) is 7.38. The van der Waals surface area contributed by atoms with Gasteiger partial charge in [0, 0.05) is 24.6 Å². The first-order chi connectivity index (χ1) is 17.2. The molecule has 4 amide bonds. The number of benzene rings is 2. The molecule has 36 heavy (non-hydrogen) atoms. The minimum atomic E-state index is -0.658. The second kappa shape index (κ2) is 11.0. The summed E-state index contributed by atoms with van der Waals surface area (Å²) in [4.78, 5) is 43.6. The van der Waals surface area contributed by atoms with E-state index < -0.39 is 12.2 Å². The van der Waals surface area contributed by atoms with Gasteiger partial charge in [-0.15, -0.1) is 0 Å². The number of amides is 4. The van der Waals surface area contributed by atoms with Crippen molar-refractivity contribution in [3.05, 3.63) is 69.9 Å². The zero-order valence-corrected chi connectivity index (χ0v) is 22.2. The van der Waals surface area contributed by atoms with Gasteiger partial charge < -0.3 is 15.1 Å². The third kappa shape index (κ3) is 5.39. The second-order valence-electron chi connectivity index (χ2n) is 9.41. The summed E-state index contributed by atoms with van der Waals surface area (Å²) in [6, 6.07) is 12.6. The summed E-state index contributed by atoms with van der Waals surface area (Å²) in [5.74, 6) is -0.707. The van der Waals surface area contributed by atoms with Crippen LogP contribution >= 0.6 is 15.9 Å². The number of urea groups is 1. The maximum Gasteiger partial charge on any atom is 0.334 e. The van der Waals surface area contributed by atoms with E-state index in [1.165, 1.54) is 17.1 Å². The van der Waals surface area contributed by atoms with Gasteiger partial charge in [-0.25, -0.2) is 19.2 Å². The highest BCUT2D eigenvalue weighted by Crippen LogP contribution is 2.31. The summed E-state index contributed by atoms with van der Waals surface area (Å²) in [5.41, 5.74) is 1.71. The molecule has 1 N–H and O–H groups in total. The molecule has 8 nitrogen and oxygen atoms in total. The lowest BCUT2D eigenvalue weighted by Crippen LogP contribution is -2.76. The monoisotopic (exact) mass is 559 g/mol. The first-order valence-electron chi connectivity index (χ1n) is 12.1. The van der Waals surface area contributed by atoms with Crippen LogP contribution in [-0.4, -0.2) is 70.0 Å². The number of hydrazine groups is 1. The quantitative estimate of drug-likeness (QED) is 0.587. The Hall–Kier alpha value is -2.98. The lowest BCUT2D eigenvalue weighted by Gasteiger charge is -2.55. The average Bonchev–Trinajstić information content (AvgIpc) is 2.84. The molecule has 10 heteroatoms. The fourth-order valence-corrected chi connectivity index (χ4v) is 5.30. The Balaban J connectivity index is 1.62. The molecule has 2 aromatic carbocycles. The number of hydrogen-bond donors (Lipinski definition) is 1. The zero-order valence-electron chi connectivity index (χ0n) is 20.7. The standard InChI is InChI=1S/C26H31BrFN5O3/c1-4-17(2)24-25(35)31(14-19-6-5-7-20(27)12-19)15-22-32(24)23(34)16-30(3)33(22)26(36)29-13-18-8-10-21(28)11-9-18/h5-12,17,22,24H,4,13-16H2,1-3H3,(H,29,36)/t17?,22-,24-/m0/s1. The highest BCUT2D eigenvalue weighted by Gasteiger charge is 2.51. The maximum absolute atomic E-state index is 13.7. The third-order valence-electron chi connectivity index (χ3n) is 6.88. The Morgan fingerprint density at radius 3 is 2.56 bits per heavy atom. The Morgan fingerprint density at radius 2 is 1.89 bits per heavy atom. The van der Waals surface area contributed by atoms with Crippen LogP contribution < -0.4 is 5.32 Å². The molecule has 0 aromatic heterocycles. The van der Waals surface area contributed by atoms with Gasteiger partial charge in [-0.05, 0) is 41.3 Å². The molecular weight excluding hydrogens is 529 g/mol. The Morgan fingerprint density at radius 1 is 1.17 bits per heavy atom. The fourth-order valence-electron chi connectivity index (χ4n) is 4.85. The Kier molecular flexibility index (Phi) is 7.94. The van der Waals surface area contributed by atoms with Crippen molar-refractivity contribution in [3.63, 3.8) is 0 Å². The molecule has 2 aliphatic heterocycles. The summed E-state index contributed by atoms with van der Waals surface area (Å²) in [6.07, 6.45) is 0.0675. The van der Waals surface area contributed by atoms with Gasteiger partial charge in [-0.1, -0.05) is 60.5 Å². The Bertz CT molecular complexity index is 1130. The number of fused-ring (bicyclic) bond motifs is 1. The lowest BCUT2D eigenvalue weighted by molar-refractivity contribution is -0.190. The summed E-state index contributed by atoms with van der Waals surface area (Å²) in [7, 11) is 1.69. The first kappa shape index (κ1) is 26.1. The number of piperazine rings is 1. The molecule has 2 saturated heterocycles. The summed E-state index contributed by atoms with van der Waals surface area (Å²) >= 11 is 3.48. The minimum Gasteiger partial charge on any atom is -0.333 e. The van der Waals surface area contributed by atoms with E-state index in [4.69, 9.17) is 0 Å². The number of likely N-dealkylation sites (N-methyl/N-ethyl adjacent to an activating group) is 1. The summed E-state index contributed by atoms with van der Waals surface area (Å²) in [6.45, 7) is 4.73. The van der Waals surface area contributed by atoms with Crippen molar-refractivity contribution in [1.29, 1.82) is 0 Å². The first-order valence-corrected chi connectivity index (χ1v) is 12.9. The Labute approximate surface area is 219 Å². The van der Waals surface area contributed by atoms with Gasteiger partial charge in [-0.2, -0.15) is 0 Å². The number of hydrogen-bond acceptors (Lipinski definition) is 4. The molecule has 2 aliphatic rings. The van der Waals surface area contributed by atoms with Crippen LogP contribution in [0.1, 0.15) is 31.4 Å². The van der Waals surface area contributed by atoms with Crippen molar-refractivity contribution < 1.29 is 18.8 Å². The average molecular weight is 560 g/mol. The van der Waals surface area contributed by atoms with Gasteiger partial charge in [0.05, 0.1) is 13.1 Å². The maximum atomic E-state index is 13.7. The molecule has 1 unspecified atom stereocenters. The normalized spacial score (nSPS) is 21.4. The molecule has 2 aromatic rings. The van der Waals surface area contributed by atoms with Crippen molar-refractivity contribution in [2.75, 3.05) is 20.1 Å². The molecule has 0 bridgehead atoms. The molecule has 2 fully saturated rings. The van der Waals surface area contributed by atoms with Gasteiger partial charge in [0.1, 0.15) is 18.0 Å². The molecule has 0 spiro atoms. The van der Waals surface area contributed by atoms with Crippen LogP contribution in [0, 0.1) is 11.7 Å². The summed E-state index contributed by atoms with van der Waals surface area (Å²) < 4.78 is 14.2. The molecule has 3 atom stereocenters. The molecule has 0 saturated carbocycles. The largest absolute Gasteiger partial charge is 0.334 e. The van der Waals surface area contributed by atoms with Crippen LogP contribution in [0.3, 0.4) is 0 Å². The van der Waals surface area contributed by atoms with E-state index in [0.29, 0.717) is 13.0 Å². The van der Waals surface area contributed by atoms with E-state index in [1.54, 1.807) is 34.0 Å². The van der Waals surface area contributed by atoms with E-state index >= 15 is 0 Å². The van der Waals surface area contributed by atoms with Crippen LogP contribution in [-0.2, 0) is 22.7 Å². The van der Waals surface area contributed by atoms with Gasteiger partial charge in [0.15, 0.2) is 0 Å². The number of carbonyl (C=O) groups is 3. The van der Waals surface area contributed by atoms with Crippen molar-refractivity contribution in [2.45, 2.75) is 45.6 Å². The van der Waals surface area contributed by atoms with E-state index in [2.05, 4.69) is 21.2 Å². The SMILES string of the molecule is CCC(C)[C@H]1C(=O)N(Cc2cccc(Br)c2)C[C@H]2N1C(=O)CN(C)N2C(=O)NCc1ccc(F)cc1.